The number of nitrogens with zero attached hydrogens (tertiary/aromatic N) is 2. The summed E-state index contributed by atoms with van der Waals surface area (Å²) in [6.45, 7) is 2.08. The number of rotatable bonds is 5. The Labute approximate surface area is 123 Å². The maximum absolute atomic E-state index is 6.18. The van der Waals surface area contributed by atoms with Crippen molar-refractivity contribution in [3.05, 3.63) is 35.1 Å². The number of anilines is 3. The second kappa shape index (κ2) is 6.43. The lowest BCUT2D eigenvalue weighted by molar-refractivity contribution is 0.415. The topological polar surface area (TPSA) is 73.1 Å². The highest BCUT2D eigenvalue weighted by Gasteiger charge is 2.10. The highest BCUT2D eigenvalue weighted by Crippen LogP contribution is 2.31. The van der Waals surface area contributed by atoms with Gasteiger partial charge in [-0.3, -0.25) is 0 Å². The highest BCUT2D eigenvalue weighted by atomic mass is 35.5. The Bertz CT molecular complexity index is 604. The van der Waals surface area contributed by atoms with Gasteiger partial charge in [0.2, 0.25) is 0 Å². The summed E-state index contributed by atoms with van der Waals surface area (Å²) in [6.07, 6.45) is 3.19. The van der Waals surface area contributed by atoms with Crippen LogP contribution in [0.5, 0.6) is 5.75 Å². The molecule has 0 aliphatic heterocycles. The lowest BCUT2D eigenvalue weighted by Crippen LogP contribution is -2.05. The van der Waals surface area contributed by atoms with Crippen LogP contribution in [0.2, 0.25) is 5.02 Å². The van der Waals surface area contributed by atoms with E-state index in [2.05, 4.69) is 22.2 Å². The second-order valence-electron chi connectivity index (χ2n) is 4.31. The molecule has 0 fully saturated rings. The molecule has 0 saturated carbocycles. The van der Waals surface area contributed by atoms with Crippen LogP contribution in [0.4, 0.5) is 17.3 Å². The van der Waals surface area contributed by atoms with Crippen LogP contribution in [-0.2, 0) is 6.42 Å². The monoisotopic (exact) mass is 292 g/mol. The third-order valence-electron chi connectivity index (χ3n) is 2.91. The number of nitrogen functional groups attached to an aromatic ring is 1. The van der Waals surface area contributed by atoms with Crippen LogP contribution < -0.4 is 15.8 Å². The van der Waals surface area contributed by atoms with Gasteiger partial charge in [0.25, 0.3) is 0 Å². The number of hydrogen-bond donors (Lipinski definition) is 2. The summed E-state index contributed by atoms with van der Waals surface area (Å²) >= 11 is 6.18. The number of hydrogen-bond acceptors (Lipinski definition) is 5. The van der Waals surface area contributed by atoms with E-state index < -0.39 is 0 Å². The predicted octanol–water partition coefficient (Wildman–Crippen LogP) is 3.42. The van der Waals surface area contributed by atoms with E-state index >= 15 is 0 Å². The molecule has 1 aromatic heterocycles. The van der Waals surface area contributed by atoms with Gasteiger partial charge in [-0.25, -0.2) is 9.97 Å². The molecule has 0 amide bonds. The summed E-state index contributed by atoms with van der Waals surface area (Å²) in [4.78, 5) is 8.27. The van der Waals surface area contributed by atoms with E-state index in [4.69, 9.17) is 22.1 Å². The van der Waals surface area contributed by atoms with E-state index in [1.165, 1.54) is 6.33 Å². The zero-order valence-corrected chi connectivity index (χ0v) is 12.2. The van der Waals surface area contributed by atoms with Crippen LogP contribution in [0, 0.1) is 0 Å². The Morgan fingerprint density at radius 2 is 2.15 bits per heavy atom. The van der Waals surface area contributed by atoms with E-state index in [-0.39, 0.29) is 0 Å². The second-order valence-corrected chi connectivity index (χ2v) is 4.71. The van der Waals surface area contributed by atoms with Gasteiger partial charge in [-0.1, -0.05) is 24.9 Å². The molecular weight excluding hydrogens is 276 g/mol. The molecule has 3 N–H and O–H groups in total. The first kappa shape index (κ1) is 14.4. The summed E-state index contributed by atoms with van der Waals surface area (Å²) < 4.78 is 5.19. The van der Waals surface area contributed by atoms with Crippen molar-refractivity contribution in [1.29, 1.82) is 0 Å². The van der Waals surface area contributed by atoms with Gasteiger partial charge >= 0.3 is 0 Å². The fourth-order valence-electron chi connectivity index (χ4n) is 1.88. The van der Waals surface area contributed by atoms with Gasteiger partial charge in [0.15, 0.2) is 0 Å². The average Bonchev–Trinajstić information content (AvgIpc) is 2.45. The van der Waals surface area contributed by atoms with Crippen molar-refractivity contribution in [2.45, 2.75) is 19.8 Å². The Balaban J connectivity index is 2.37. The van der Waals surface area contributed by atoms with Crippen LogP contribution in [0.15, 0.2) is 24.5 Å². The molecule has 0 bridgehead atoms. The van der Waals surface area contributed by atoms with E-state index in [9.17, 15) is 0 Å². The van der Waals surface area contributed by atoms with Crippen molar-refractivity contribution in [2.24, 2.45) is 0 Å². The zero-order valence-electron chi connectivity index (χ0n) is 11.5. The summed E-state index contributed by atoms with van der Waals surface area (Å²) in [5.74, 6) is 1.88. The minimum Gasteiger partial charge on any atom is -0.497 e. The third kappa shape index (κ3) is 3.11. The first-order chi connectivity index (χ1) is 9.65. The first-order valence-corrected chi connectivity index (χ1v) is 6.73. The number of ether oxygens (including phenoxy) is 1. The molecule has 1 heterocycles. The predicted molar refractivity (Wildman–Crippen MR) is 81.7 cm³/mol. The number of benzene rings is 1. The molecule has 0 radical (unpaired) electrons. The average molecular weight is 293 g/mol. The summed E-state index contributed by atoms with van der Waals surface area (Å²) in [5.41, 5.74) is 7.53. The third-order valence-corrected chi connectivity index (χ3v) is 3.23. The summed E-state index contributed by atoms with van der Waals surface area (Å²) in [6, 6.07) is 5.39. The summed E-state index contributed by atoms with van der Waals surface area (Å²) in [7, 11) is 1.61. The van der Waals surface area contributed by atoms with Gasteiger partial charge < -0.3 is 15.8 Å². The minimum atomic E-state index is 0.489. The van der Waals surface area contributed by atoms with Gasteiger partial charge in [0, 0.05) is 11.6 Å². The molecule has 106 valence electrons. The van der Waals surface area contributed by atoms with E-state index in [0.717, 1.165) is 29.8 Å². The maximum atomic E-state index is 6.18. The van der Waals surface area contributed by atoms with Crippen LogP contribution >= 0.6 is 11.6 Å². The Kier molecular flexibility index (Phi) is 4.63. The number of methoxy groups -OCH3 is 1. The van der Waals surface area contributed by atoms with Crippen molar-refractivity contribution in [3.8, 4) is 5.75 Å². The fourth-order valence-corrected chi connectivity index (χ4v) is 2.05. The molecule has 0 spiro atoms. The van der Waals surface area contributed by atoms with Gasteiger partial charge in [-0.05, 0) is 18.6 Å². The van der Waals surface area contributed by atoms with Crippen molar-refractivity contribution >= 4 is 28.9 Å². The molecule has 0 atom stereocenters. The van der Waals surface area contributed by atoms with E-state index in [0.29, 0.717) is 16.7 Å². The number of halogens is 1. The molecule has 2 rings (SSSR count). The van der Waals surface area contributed by atoms with E-state index in [1.807, 2.05) is 6.07 Å². The molecule has 0 saturated heterocycles. The smallest absolute Gasteiger partial charge is 0.139 e. The molecule has 0 unspecified atom stereocenters. The number of aromatic nitrogens is 2. The van der Waals surface area contributed by atoms with Crippen LogP contribution in [0.1, 0.15) is 18.9 Å². The number of nitrogens with two attached hydrogens (primary N) is 1. The minimum absolute atomic E-state index is 0.489. The Hall–Kier alpha value is -2.01. The quantitative estimate of drug-likeness (QED) is 0.883. The molecule has 1 aromatic carbocycles. The van der Waals surface area contributed by atoms with Crippen molar-refractivity contribution in [1.82, 2.24) is 9.97 Å². The van der Waals surface area contributed by atoms with Crippen LogP contribution in [-0.4, -0.2) is 17.1 Å². The van der Waals surface area contributed by atoms with Crippen molar-refractivity contribution < 1.29 is 4.74 Å². The van der Waals surface area contributed by atoms with Crippen molar-refractivity contribution in [3.63, 3.8) is 0 Å². The fraction of sp³-hybridized carbons (Fsp3) is 0.286. The van der Waals surface area contributed by atoms with Gasteiger partial charge in [-0.15, -0.1) is 0 Å². The van der Waals surface area contributed by atoms with Crippen LogP contribution in [0.3, 0.4) is 0 Å². The number of nitrogens with one attached hydrogen (secondary N) is 1. The molecule has 0 aliphatic carbocycles. The molecule has 2 aromatic rings. The largest absolute Gasteiger partial charge is 0.497 e. The molecule has 6 heteroatoms. The molecule has 0 aliphatic rings. The Morgan fingerprint density at radius 3 is 2.85 bits per heavy atom. The zero-order chi connectivity index (χ0) is 14.5. The maximum Gasteiger partial charge on any atom is 0.139 e. The van der Waals surface area contributed by atoms with Crippen molar-refractivity contribution in [2.75, 3.05) is 18.2 Å². The lowest BCUT2D eigenvalue weighted by atomic mass is 10.1. The van der Waals surface area contributed by atoms with Gasteiger partial charge in [0.1, 0.15) is 23.7 Å². The van der Waals surface area contributed by atoms with Gasteiger partial charge in [-0.2, -0.15) is 0 Å². The SMILES string of the molecule is CCCc1c(N)ncnc1Nc1cc(OC)ccc1Cl. The summed E-state index contributed by atoms with van der Waals surface area (Å²) in [5, 5.41) is 3.79. The molecule has 5 nitrogen and oxygen atoms in total. The van der Waals surface area contributed by atoms with Gasteiger partial charge in [0.05, 0.1) is 17.8 Å². The van der Waals surface area contributed by atoms with E-state index in [1.54, 1.807) is 19.2 Å². The molecule has 20 heavy (non-hydrogen) atoms. The lowest BCUT2D eigenvalue weighted by Gasteiger charge is -2.13. The standard InChI is InChI=1S/C14H17ClN4O/c1-3-4-10-13(16)17-8-18-14(10)19-12-7-9(20-2)5-6-11(12)15/h5-8H,3-4H2,1-2H3,(H3,16,17,18,19). The highest BCUT2D eigenvalue weighted by molar-refractivity contribution is 6.33. The molecular formula is C14H17ClN4O. The normalized spacial score (nSPS) is 10.3. The van der Waals surface area contributed by atoms with Crippen LogP contribution in [0.25, 0.3) is 0 Å². The Morgan fingerprint density at radius 1 is 1.35 bits per heavy atom. The first-order valence-electron chi connectivity index (χ1n) is 6.35.